The molecule has 0 radical (unpaired) electrons. The van der Waals surface area contributed by atoms with Crippen LogP contribution in [0.4, 0.5) is 71.8 Å². The highest BCUT2D eigenvalue weighted by molar-refractivity contribution is 8.00. The lowest BCUT2D eigenvalue weighted by Crippen LogP contribution is -2.49. The molecule has 26 nitrogen and oxygen atoms in total. The molecule has 136 heavy (non-hydrogen) atoms. The predicted octanol–water partition coefficient (Wildman–Crippen LogP) is 13.6. The first-order chi connectivity index (χ1) is 65.4. The number of sulfonamides is 2. The number of piperidine rings is 1. The van der Waals surface area contributed by atoms with Crippen molar-refractivity contribution in [3.8, 4) is 0 Å². The third-order valence-corrected chi connectivity index (χ3v) is 33.6. The van der Waals surface area contributed by atoms with Crippen LogP contribution in [0, 0.1) is 5.92 Å². The number of hydrogen-bond acceptors (Lipinski definition) is 25. The zero-order chi connectivity index (χ0) is 96.5. The average Bonchev–Trinajstić information content (AvgIpc) is 0.776. The third kappa shape index (κ3) is 28.8. The van der Waals surface area contributed by atoms with Crippen LogP contribution in [0.2, 0.25) is 0 Å². The molecule has 0 aromatic heterocycles. The first-order valence-corrected chi connectivity index (χ1v) is 53.2. The van der Waals surface area contributed by atoms with Gasteiger partial charge in [-0.05, 0) is 232 Å². The molecule has 0 saturated carbocycles. The van der Waals surface area contributed by atoms with E-state index >= 15 is 0 Å². The molecular formula is C98H131F6N19O7S6. The van der Waals surface area contributed by atoms with Gasteiger partial charge in [0.2, 0.25) is 37.8 Å². The summed E-state index contributed by atoms with van der Waals surface area (Å²) in [5, 5.41) is 17.8. The van der Waals surface area contributed by atoms with Crippen LogP contribution < -0.4 is 57.2 Å². The van der Waals surface area contributed by atoms with Crippen molar-refractivity contribution in [1.82, 2.24) is 69.9 Å². The molecule has 8 heterocycles. The number of halogens is 6. The lowest BCUT2D eigenvalue weighted by molar-refractivity contribution is -0.138. The van der Waals surface area contributed by atoms with E-state index in [9.17, 15) is 57.6 Å². The van der Waals surface area contributed by atoms with Gasteiger partial charge in [0, 0.05) is 205 Å². The molecule has 4 fully saturated rings. The van der Waals surface area contributed by atoms with Crippen LogP contribution in [0.5, 0.6) is 0 Å². The molecular weight excluding hydrogens is 1860 g/mol. The topological polar surface area (TPSA) is 257 Å². The zero-order valence-corrected chi connectivity index (χ0v) is 83.5. The number of likely N-dealkylation sites (N-methyl/N-ethyl adjacent to an activating group) is 2. The number of amides is 3. The van der Waals surface area contributed by atoms with Gasteiger partial charge < -0.3 is 76.8 Å². The molecule has 4 saturated heterocycles. The highest BCUT2D eigenvalue weighted by Crippen LogP contribution is 2.54. The molecule has 38 heteroatoms. The number of piperazine rings is 3. The Labute approximate surface area is 815 Å². The SMILES string of the molecule is CN(C)S(=O)(=O)c1ccc2c(c1)N(CCCN1CCN(CCNC(=O)CN)CC1)c1ccccc1S2.CNCC(=O)NCCCN1CCN(CCCN2c3ccccc3Sc3ccc(C(F)(F)F)cc32)CC1.CNCC(=O)NCCN1CCN(CCCN2c3ccccc3Sc3ccc(S(=O)(=O)N(C)C)cc32)CC1.FC(F)(F)c1ccc2c(c1)N(CCCC1CCNCC1)c1ccccc1S2. The summed E-state index contributed by atoms with van der Waals surface area (Å²) in [6, 6.07) is 51.6. The molecule has 8 aliphatic heterocycles. The highest BCUT2D eigenvalue weighted by atomic mass is 32.2. The second kappa shape index (κ2) is 50.2. The molecule has 738 valence electrons. The number of nitrogens with zero attached hydrogens (tertiary/aromatic N) is 12. The summed E-state index contributed by atoms with van der Waals surface area (Å²) in [5.74, 6) is 0.669. The molecule has 8 aromatic rings. The quantitative estimate of drug-likeness (QED) is 0.0144. The van der Waals surface area contributed by atoms with E-state index in [2.05, 4.69) is 105 Å². The molecule has 0 spiro atoms. The van der Waals surface area contributed by atoms with Gasteiger partial charge in [-0.3, -0.25) is 24.2 Å². The smallest absolute Gasteiger partial charge is 0.355 e. The maximum atomic E-state index is 13.4. The number of para-hydroxylation sites is 4. The Bertz CT molecular complexity index is 5510. The van der Waals surface area contributed by atoms with Crippen molar-refractivity contribution in [2.75, 3.05) is 258 Å². The van der Waals surface area contributed by atoms with Crippen LogP contribution in [-0.4, -0.2) is 311 Å². The summed E-state index contributed by atoms with van der Waals surface area (Å²) in [5.41, 5.74) is 11.6. The van der Waals surface area contributed by atoms with E-state index in [4.69, 9.17) is 5.73 Å². The van der Waals surface area contributed by atoms with Crippen LogP contribution in [0.15, 0.2) is 219 Å². The fraction of sp³-hybridized carbons (Fsp3) is 0.480. The van der Waals surface area contributed by atoms with E-state index in [1.54, 1.807) is 102 Å². The Morgan fingerprint density at radius 2 is 0.654 bits per heavy atom. The Morgan fingerprint density at radius 3 is 0.978 bits per heavy atom. The van der Waals surface area contributed by atoms with Crippen LogP contribution in [0.1, 0.15) is 62.5 Å². The van der Waals surface area contributed by atoms with Crippen LogP contribution >= 0.6 is 47.0 Å². The van der Waals surface area contributed by atoms with Gasteiger partial charge in [0.25, 0.3) is 0 Å². The van der Waals surface area contributed by atoms with E-state index in [1.165, 1.54) is 67.3 Å². The van der Waals surface area contributed by atoms with Gasteiger partial charge in [-0.2, -0.15) is 26.3 Å². The highest BCUT2D eigenvalue weighted by Gasteiger charge is 2.37. The van der Waals surface area contributed by atoms with Gasteiger partial charge in [0.15, 0.2) is 0 Å². The minimum atomic E-state index is -4.36. The molecule has 3 amide bonds. The average molecular weight is 1990 g/mol. The van der Waals surface area contributed by atoms with Gasteiger partial charge in [0.05, 0.1) is 86.1 Å². The maximum Gasteiger partial charge on any atom is 0.416 e. The molecule has 0 unspecified atom stereocenters. The minimum absolute atomic E-state index is 0.0227. The van der Waals surface area contributed by atoms with Crippen molar-refractivity contribution in [3.05, 3.63) is 181 Å². The lowest BCUT2D eigenvalue weighted by Gasteiger charge is -2.36. The first-order valence-electron chi connectivity index (χ1n) is 47.0. The summed E-state index contributed by atoms with van der Waals surface area (Å²) >= 11 is 6.45. The normalized spacial score (nSPS) is 16.7. The summed E-state index contributed by atoms with van der Waals surface area (Å²) in [4.78, 5) is 66.8. The second-order valence-electron chi connectivity index (χ2n) is 35.2. The van der Waals surface area contributed by atoms with Gasteiger partial charge in [0.1, 0.15) is 0 Å². The summed E-state index contributed by atoms with van der Waals surface area (Å²) in [7, 11) is 2.76. The largest absolute Gasteiger partial charge is 0.416 e. The Kier molecular flexibility index (Phi) is 38.8. The lowest BCUT2D eigenvalue weighted by atomic mass is 9.93. The standard InChI is InChI=1S/C26H34F3N5OS.C26H38N6O3S2.C25H36N6O3S2.C21H23F3N2S/c1-30-19-25(35)31-10-4-11-32-14-16-33(17-15-32)12-5-13-34-21-6-2-3-7-23(21)36-24-9-8-20(18-22(24)34)26(27,28)29;1-27-20-26(33)28-11-14-31-17-15-30(16-18-31)12-6-13-32-22-7-4-5-8-24(22)36-25-10-9-21(19-23(25)32)37(34,35)29(2)3;1-28(2)36(33,34)20-8-9-24-22(18-20)31(21-6-3-4-7-23(21)35-24)12-5-11-29-14-16-30(17-15-29)13-10-27-25(32)19-26;22-21(23,24)16-7-8-20-18(14-16)26(17-5-1-2-6-19(17)27-20)13-3-4-15-9-11-25-12-10-15/h2-3,6-9,18,30H,4-5,10-17,19H2,1H3,(H,31,35);4-5,7-10,19,27H,6,11-18,20H2,1-3H3,(H,28,33);3-4,6-9,18H,5,10-17,19,26H2,1-2H3,(H,27,32);1-2,5-8,14-15,25H,3-4,9-13H2. The van der Waals surface area contributed by atoms with Gasteiger partial charge in [-0.1, -0.05) is 95.6 Å². The molecule has 0 bridgehead atoms. The molecule has 8 aliphatic rings. The number of fused-ring (bicyclic) bond motifs is 8. The van der Waals surface area contributed by atoms with Crippen LogP contribution in [-0.2, 0) is 46.8 Å². The van der Waals surface area contributed by atoms with E-state index in [0.29, 0.717) is 60.4 Å². The van der Waals surface area contributed by atoms with Crippen molar-refractivity contribution in [1.29, 1.82) is 0 Å². The minimum Gasteiger partial charge on any atom is -0.355 e. The number of carbonyl (C=O) groups excluding carboxylic acids is 3. The second-order valence-corrected chi connectivity index (χ2v) is 43.8. The van der Waals surface area contributed by atoms with E-state index < -0.39 is 43.5 Å². The maximum absolute atomic E-state index is 13.4. The van der Waals surface area contributed by atoms with Crippen LogP contribution in [0.25, 0.3) is 0 Å². The number of nitrogens with two attached hydrogens (primary N) is 1. The molecule has 8 N–H and O–H groups in total. The van der Waals surface area contributed by atoms with Gasteiger partial charge >= 0.3 is 12.4 Å². The van der Waals surface area contributed by atoms with E-state index in [1.807, 2.05) is 97.1 Å². The number of alkyl halides is 6. The summed E-state index contributed by atoms with van der Waals surface area (Å²) < 4.78 is 134. The molecule has 16 rings (SSSR count). The van der Waals surface area contributed by atoms with E-state index in [-0.39, 0.29) is 24.3 Å². The molecule has 0 aliphatic carbocycles. The Balaban J connectivity index is 0.000000154. The molecule has 8 aromatic carbocycles. The van der Waals surface area contributed by atoms with Gasteiger partial charge in [-0.15, -0.1) is 0 Å². The summed E-state index contributed by atoms with van der Waals surface area (Å²) in [6.45, 7) is 25.4. The number of hydrogen-bond donors (Lipinski definition) is 7. The summed E-state index contributed by atoms with van der Waals surface area (Å²) in [6.07, 6.45) is -0.437. The number of nitrogens with one attached hydrogen (secondary N) is 6. The monoisotopic (exact) mass is 1990 g/mol. The van der Waals surface area contributed by atoms with Crippen molar-refractivity contribution < 1.29 is 57.6 Å². The van der Waals surface area contributed by atoms with Crippen molar-refractivity contribution >= 4 is 130 Å². The fourth-order valence-electron chi connectivity index (χ4n) is 17.9. The van der Waals surface area contributed by atoms with Crippen molar-refractivity contribution in [2.45, 2.75) is 113 Å². The Morgan fingerprint density at radius 1 is 0.368 bits per heavy atom. The van der Waals surface area contributed by atoms with Gasteiger partial charge in [-0.25, -0.2) is 25.4 Å². The third-order valence-electron chi connectivity index (χ3n) is 25.4. The van der Waals surface area contributed by atoms with Crippen molar-refractivity contribution in [2.24, 2.45) is 11.7 Å². The molecule has 0 atom stereocenters. The zero-order valence-electron chi connectivity index (χ0n) is 78.6. The fourth-order valence-corrected chi connectivity index (χ4v) is 24.0. The Hall–Kier alpha value is -8.23. The number of benzene rings is 8. The van der Waals surface area contributed by atoms with E-state index in [0.717, 1.165) is 258 Å². The first kappa shape index (κ1) is 105. The van der Waals surface area contributed by atoms with Crippen LogP contribution in [0.3, 0.4) is 0 Å². The number of anilines is 8. The van der Waals surface area contributed by atoms with Crippen molar-refractivity contribution in [3.63, 3.8) is 0 Å². The number of carbonyl (C=O) groups is 3. The number of rotatable bonds is 35. The predicted molar refractivity (Wildman–Crippen MR) is 536 cm³/mol.